The highest BCUT2D eigenvalue weighted by atomic mass is 19.4. The smallest absolute Gasteiger partial charge is 0.426 e. The van der Waals surface area contributed by atoms with E-state index in [2.05, 4.69) is 14.7 Å². The molecule has 2 aromatic rings. The van der Waals surface area contributed by atoms with Crippen molar-refractivity contribution in [2.75, 3.05) is 5.32 Å². The van der Waals surface area contributed by atoms with E-state index < -0.39 is 35.5 Å². The molecule has 0 fully saturated rings. The maximum Gasteiger partial charge on any atom is 0.451 e. The number of hydrogen-bond acceptors (Lipinski definition) is 5. The first-order valence-electron chi connectivity index (χ1n) is 6.52. The van der Waals surface area contributed by atoms with E-state index in [9.17, 15) is 22.8 Å². The van der Waals surface area contributed by atoms with Gasteiger partial charge in [-0.05, 0) is 13.0 Å². The molecule has 24 heavy (non-hydrogen) atoms. The van der Waals surface area contributed by atoms with E-state index in [4.69, 9.17) is 12.6 Å². The van der Waals surface area contributed by atoms with Gasteiger partial charge in [-0.15, -0.1) is 0 Å². The number of aromatic nitrogens is 1. The van der Waals surface area contributed by atoms with Crippen molar-refractivity contribution in [3.8, 4) is 5.75 Å². The summed E-state index contributed by atoms with van der Waals surface area (Å²) in [5.74, 6) is -2.99. The molecule has 0 aliphatic rings. The highest BCUT2D eigenvalue weighted by Gasteiger charge is 2.38. The fourth-order valence-electron chi connectivity index (χ4n) is 1.85. The average Bonchev–Trinajstić information content (AvgIpc) is 2.81. The molecule has 1 amide bonds. The largest absolute Gasteiger partial charge is 0.451 e. The number of ether oxygens (including phenoxy) is 1. The molecule has 0 bridgehead atoms. The second-order valence-electron chi connectivity index (χ2n) is 4.73. The van der Waals surface area contributed by atoms with Crippen molar-refractivity contribution in [2.45, 2.75) is 20.0 Å². The zero-order valence-electron chi connectivity index (χ0n) is 12.5. The van der Waals surface area contributed by atoms with Gasteiger partial charge in [0.2, 0.25) is 5.76 Å². The summed E-state index contributed by atoms with van der Waals surface area (Å²) in [6.07, 6.45) is -4.74. The number of benzene rings is 1. The molecule has 0 atom stereocenters. The number of nitrogens with zero attached hydrogens (tertiary/aromatic N) is 1. The molecule has 1 N–H and O–H groups in total. The van der Waals surface area contributed by atoms with Gasteiger partial charge < -0.3 is 9.15 Å². The average molecular weight is 338 g/mol. The topological polar surface area (TPSA) is 81.4 Å². The van der Waals surface area contributed by atoms with E-state index in [0.717, 1.165) is 13.8 Å². The molecular formula is C14H10BF3N2O4. The predicted molar refractivity (Wildman–Crippen MR) is 77.3 cm³/mol. The van der Waals surface area contributed by atoms with Crippen molar-refractivity contribution < 1.29 is 31.9 Å². The van der Waals surface area contributed by atoms with Crippen LogP contribution in [0.4, 0.5) is 19.2 Å². The summed E-state index contributed by atoms with van der Waals surface area (Å²) in [5.41, 5.74) is -0.393. The lowest BCUT2D eigenvalue weighted by Crippen LogP contribution is -2.18. The molecule has 0 saturated heterocycles. The Morgan fingerprint density at radius 2 is 2.00 bits per heavy atom. The van der Waals surface area contributed by atoms with Gasteiger partial charge in [0.1, 0.15) is 13.6 Å². The van der Waals surface area contributed by atoms with Crippen LogP contribution in [0.25, 0.3) is 0 Å². The summed E-state index contributed by atoms with van der Waals surface area (Å²) in [7, 11) is 5.57. The van der Waals surface area contributed by atoms with Gasteiger partial charge in [0, 0.05) is 6.92 Å². The minimum absolute atomic E-state index is 0.103. The second kappa shape index (κ2) is 6.38. The number of hydrogen-bond donors (Lipinski definition) is 1. The van der Waals surface area contributed by atoms with E-state index in [0.29, 0.717) is 0 Å². The van der Waals surface area contributed by atoms with Crippen molar-refractivity contribution in [1.29, 1.82) is 0 Å². The molecule has 2 radical (unpaired) electrons. The van der Waals surface area contributed by atoms with Crippen molar-refractivity contribution in [3.63, 3.8) is 0 Å². The van der Waals surface area contributed by atoms with E-state index in [1.807, 2.05) is 0 Å². The maximum atomic E-state index is 12.7. The minimum Gasteiger partial charge on any atom is -0.426 e. The monoisotopic (exact) mass is 338 g/mol. The number of alkyl halides is 3. The maximum absolute atomic E-state index is 12.7. The molecular weight excluding hydrogens is 328 g/mol. The highest BCUT2D eigenvalue weighted by Crippen LogP contribution is 2.33. The number of anilines is 1. The van der Waals surface area contributed by atoms with Crippen LogP contribution >= 0.6 is 0 Å². The van der Waals surface area contributed by atoms with Crippen LogP contribution in [0.2, 0.25) is 0 Å². The molecule has 0 aliphatic carbocycles. The summed E-state index contributed by atoms with van der Waals surface area (Å²) in [5, 5.41) is 2.07. The number of oxazole rings is 1. The second-order valence-corrected chi connectivity index (χ2v) is 4.73. The van der Waals surface area contributed by atoms with Gasteiger partial charge in [0.15, 0.2) is 0 Å². The predicted octanol–water partition coefficient (Wildman–Crippen LogP) is 1.97. The van der Waals surface area contributed by atoms with Gasteiger partial charge in [-0.3, -0.25) is 14.9 Å². The molecule has 1 aromatic carbocycles. The van der Waals surface area contributed by atoms with Gasteiger partial charge in [-0.25, -0.2) is 0 Å². The zero-order chi connectivity index (χ0) is 18.1. The van der Waals surface area contributed by atoms with Gasteiger partial charge >= 0.3 is 18.2 Å². The SMILES string of the molecule is [B]c1ccc(OC(C)=O)c(C(=O)Nc2nc(C)c(C(F)(F)F)o2)c1. The van der Waals surface area contributed by atoms with Crippen LogP contribution in [0.1, 0.15) is 28.7 Å². The summed E-state index contributed by atoms with van der Waals surface area (Å²) in [4.78, 5) is 26.7. The third-order valence-corrected chi connectivity index (χ3v) is 2.78. The third kappa shape index (κ3) is 3.95. The summed E-state index contributed by atoms with van der Waals surface area (Å²) < 4.78 is 47.4. The number of amides is 1. The number of aryl methyl sites for hydroxylation is 1. The molecule has 0 aliphatic heterocycles. The van der Waals surface area contributed by atoms with E-state index in [1.165, 1.54) is 18.2 Å². The third-order valence-electron chi connectivity index (χ3n) is 2.78. The number of nitrogens with one attached hydrogen (secondary N) is 1. The van der Waals surface area contributed by atoms with Gasteiger partial charge in [-0.1, -0.05) is 17.6 Å². The number of esters is 1. The van der Waals surface area contributed by atoms with Crippen LogP contribution in [0.5, 0.6) is 5.75 Å². The highest BCUT2D eigenvalue weighted by molar-refractivity contribution is 6.33. The van der Waals surface area contributed by atoms with Gasteiger partial charge in [0.05, 0.1) is 11.3 Å². The molecule has 0 saturated carbocycles. The van der Waals surface area contributed by atoms with E-state index in [-0.39, 0.29) is 16.8 Å². The van der Waals surface area contributed by atoms with Crippen LogP contribution in [0, 0.1) is 6.92 Å². The molecule has 1 aromatic heterocycles. The van der Waals surface area contributed by atoms with Gasteiger partial charge in [-0.2, -0.15) is 18.2 Å². The standard InChI is InChI=1S/C14H10BF3N2O4/c1-6-11(14(16,17)18)24-13(19-6)20-12(22)9-5-8(15)3-4-10(9)23-7(2)21/h3-5H,1-2H3,(H,19,20,22). The Hall–Kier alpha value is -2.78. The van der Waals surface area contributed by atoms with Crippen molar-refractivity contribution in [3.05, 3.63) is 35.2 Å². The first-order chi connectivity index (χ1) is 11.1. The summed E-state index contributed by atoms with van der Waals surface area (Å²) in [6.45, 7) is 2.22. The van der Waals surface area contributed by atoms with Crippen molar-refractivity contribution in [1.82, 2.24) is 4.98 Å². The Kier molecular flexibility index (Phi) is 4.67. The minimum atomic E-state index is -4.74. The fraction of sp³-hybridized carbons (Fsp3) is 0.214. The molecule has 0 spiro atoms. The normalized spacial score (nSPS) is 11.2. The van der Waals surface area contributed by atoms with Crippen LogP contribution in [-0.2, 0) is 11.0 Å². The number of carbonyl (C=O) groups is 2. The quantitative estimate of drug-likeness (QED) is 0.526. The van der Waals surface area contributed by atoms with Crippen LogP contribution in [0.3, 0.4) is 0 Å². The van der Waals surface area contributed by atoms with Crippen LogP contribution in [0.15, 0.2) is 22.6 Å². The van der Waals surface area contributed by atoms with Crippen molar-refractivity contribution in [2.24, 2.45) is 0 Å². The summed E-state index contributed by atoms with van der Waals surface area (Å²) in [6, 6.07) is 3.24. The Balaban J connectivity index is 2.30. The lowest BCUT2D eigenvalue weighted by Gasteiger charge is -2.09. The molecule has 0 unspecified atom stereocenters. The molecule has 124 valence electrons. The lowest BCUT2D eigenvalue weighted by molar-refractivity contribution is -0.153. The van der Waals surface area contributed by atoms with Crippen LogP contribution in [-0.4, -0.2) is 24.7 Å². The Labute approximate surface area is 135 Å². The van der Waals surface area contributed by atoms with Crippen molar-refractivity contribution >= 4 is 31.2 Å². The molecule has 10 heteroatoms. The molecule has 1 heterocycles. The lowest BCUT2D eigenvalue weighted by atomic mass is 9.94. The Morgan fingerprint density at radius 1 is 1.33 bits per heavy atom. The summed E-state index contributed by atoms with van der Waals surface area (Å²) >= 11 is 0. The fourth-order valence-corrected chi connectivity index (χ4v) is 1.85. The number of carbonyl (C=O) groups excluding carboxylic acids is 2. The first kappa shape index (κ1) is 17.6. The zero-order valence-corrected chi connectivity index (χ0v) is 12.5. The first-order valence-corrected chi connectivity index (χ1v) is 6.52. The Morgan fingerprint density at radius 3 is 2.54 bits per heavy atom. The van der Waals surface area contributed by atoms with E-state index in [1.54, 1.807) is 0 Å². The number of halogens is 3. The van der Waals surface area contributed by atoms with Gasteiger partial charge in [0.25, 0.3) is 5.91 Å². The number of rotatable bonds is 3. The van der Waals surface area contributed by atoms with E-state index >= 15 is 0 Å². The molecule has 2 rings (SSSR count). The van der Waals surface area contributed by atoms with Crippen LogP contribution < -0.4 is 15.5 Å². The molecule has 6 nitrogen and oxygen atoms in total. The Bertz CT molecular complexity index is 802.